The molecule has 1 heterocycles. The van der Waals surface area contributed by atoms with Gasteiger partial charge in [0.25, 0.3) is 0 Å². The summed E-state index contributed by atoms with van der Waals surface area (Å²) in [6.45, 7) is 3.60. The zero-order valence-corrected chi connectivity index (χ0v) is 9.03. The number of hydrogen-bond donors (Lipinski definition) is 1. The van der Waals surface area contributed by atoms with Gasteiger partial charge < -0.3 is 19.3 Å². The van der Waals surface area contributed by atoms with Gasteiger partial charge in [-0.15, -0.1) is 0 Å². The molecule has 1 aromatic rings. The summed E-state index contributed by atoms with van der Waals surface area (Å²) in [6.07, 6.45) is 0. The molecule has 0 unspecified atom stereocenters. The molecule has 4 heteroatoms. The molecule has 15 heavy (non-hydrogen) atoms. The Morgan fingerprint density at radius 2 is 2.07 bits per heavy atom. The van der Waals surface area contributed by atoms with Gasteiger partial charge >= 0.3 is 0 Å². The number of rotatable bonds is 2. The molecule has 1 aliphatic heterocycles. The van der Waals surface area contributed by atoms with Crippen molar-refractivity contribution in [1.82, 2.24) is 0 Å². The van der Waals surface area contributed by atoms with Gasteiger partial charge in [-0.1, -0.05) is 0 Å². The highest BCUT2D eigenvalue weighted by Crippen LogP contribution is 2.45. The first-order chi connectivity index (χ1) is 7.04. The summed E-state index contributed by atoms with van der Waals surface area (Å²) in [6, 6.07) is 3.56. The number of ether oxygens (including phenoxy) is 3. The lowest BCUT2D eigenvalue weighted by Gasteiger charge is -2.21. The lowest BCUT2D eigenvalue weighted by atomic mass is 9.97. The van der Waals surface area contributed by atoms with Crippen LogP contribution in [0.1, 0.15) is 19.4 Å². The van der Waals surface area contributed by atoms with E-state index in [1.54, 1.807) is 33.1 Å². The van der Waals surface area contributed by atoms with Crippen LogP contribution in [-0.4, -0.2) is 19.0 Å². The van der Waals surface area contributed by atoms with E-state index in [0.29, 0.717) is 22.8 Å². The highest BCUT2D eigenvalue weighted by atomic mass is 16.7. The van der Waals surface area contributed by atoms with E-state index in [4.69, 9.17) is 14.2 Å². The van der Waals surface area contributed by atoms with E-state index in [0.717, 1.165) is 0 Å². The van der Waals surface area contributed by atoms with Crippen LogP contribution >= 0.6 is 0 Å². The standard InChI is InChI=1S/C11H14O4/c1-11(2,12)7-4-5-8-10(9(7)13-3)15-6-14-8/h4-5,12H,6H2,1-3H3. The Bertz CT molecular complexity index is 379. The van der Waals surface area contributed by atoms with Crippen molar-refractivity contribution in [2.24, 2.45) is 0 Å². The van der Waals surface area contributed by atoms with Crippen molar-refractivity contribution in [2.45, 2.75) is 19.4 Å². The van der Waals surface area contributed by atoms with Crippen molar-refractivity contribution in [2.75, 3.05) is 13.9 Å². The van der Waals surface area contributed by atoms with Crippen LogP contribution in [0.4, 0.5) is 0 Å². The van der Waals surface area contributed by atoms with Crippen LogP contribution in [-0.2, 0) is 5.60 Å². The first-order valence-corrected chi connectivity index (χ1v) is 4.73. The molecule has 0 bridgehead atoms. The Hall–Kier alpha value is -1.42. The SMILES string of the molecule is COc1c(C(C)(C)O)ccc2c1OCO2. The monoisotopic (exact) mass is 210 g/mol. The van der Waals surface area contributed by atoms with Gasteiger partial charge in [-0.2, -0.15) is 0 Å². The van der Waals surface area contributed by atoms with Gasteiger partial charge in [0.15, 0.2) is 11.5 Å². The number of benzene rings is 1. The second-order valence-electron chi connectivity index (χ2n) is 3.94. The fourth-order valence-electron chi connectivity index (χ4n) is 1.63. The van der Waals surface area contributed by atoms with E-state index < -0.39 is 5.60 Å². The van der Waals surface area contributed by atoms with Gasteiger partial charge in [-0.25, -0.2) is 0 Å². The molecule has 0 atom stereocenters. The van der Waals surface area contributed by atoms with Crippen LogP contribution in [0.15, 0.2) is 12.1 Å². The molecule has 2 rings (SSSR count). The molecule has 0 fully saturated rings. The van der Waals surface area contributed by atoms with Crippen molar-refractivity contribution in [3.63, 3.8) is 0 Å². The number of aliphatic hydroxyl groups is 1. The van der Waals surface area contributed by atoms with Crippen molar-refractivity contribution >= 4 is 0 Å². The fraction of sp³-hybridized carbons (Fsp3) is 0.455. The third kappa shape index (κ3) is 1.61. The van der Waals surface area contributed by atoms with Crippen LogP contribution in [0.3, 0.4) is 0 Å². The number of fused-ring (bicyclic) bond motifs is 1. The molecule has 0 saturated carbocycles. The smallest absolute Gasteiger partial charge is 0.231 e. The third-order valence-electron chi connectivity index (χ3n) is 2.36. The summed E-state index contributed by atoms with van der Waals surface area (Å²) in [7, 11) is 1.55. The predicted molar refractivity (Wildman–Crippen MR) is 54.4 cm³/mol. The maximum Gasteiger partial charge on any atom is 0.231 e. The topological polar surface area (TPSA) is 47.9 Å². The Labute approximate surface area is 88.4 Å². The summed E-state index contributed by atoms with van der Waals surface area (Å²) in [4.78, 5) is 0. The highest BCUT2D eigenvalue weighted by Gasteiger charge is 2.28. The first-order valence-electron chi connectivity index (χ1n) is 4.73. The van der Waals surface area contributed by atoms with Crippen LogP contribution in [0.25, 0.3) is 0 Å². The fourth-order valence-corrected chi connectivity index (χ4v) is 1.63. The average molecular weight is 210 g/mol. The van der Waals surface area contributed by atoms with Crippen LogP contribution in [0, 0.1) is 0 Å². The lowest BCUT2D eigenvalue weighted by molar-refractivity contribution is 0.0750. The predicted octanol–water partition coefficient (Wildman–Crippen LogP) is 1.65. The van der Waals surface area contributed by atoms with Crippen LogP contribution < -0.4 is 14.2 Å². The van der Waals surface area contributed by atoms with E-state index in [9.17, 15) is 5.11 Å². The summed E-state index contributed by atoms with van der Waals surface area (Å²) in [5.74, 6) is 1.76. The number of hydrogen-bond acceptors (Lipinski definition) is 4. The average Bonchev–Trinajstić information content (AvgIpc) is 2.61. The summed E-state index contributed by atoms with van der Waals surface area (Å²) in [5, 5.41) is 9.96. The maximum absolute atomic E-state index is 9.96. The van der Waals surface area contributed by atoms with Gasteiger partial charge in [0, 0.05) is 5.56 Å². The van der Waals surface area contributed by atoms with E-state index in [-0.39, 0.29) is 6.79 Å². The van der Waals surface area contributed by atoms with E-state index in [2.05, 4.69) is 0 Å². The zero-order valence-electron chi connectivity index (χ0n) is 9.03. The Morgan fingerprint density at radius 3 is 2.67 bits per heavy atom. The van der Waals surface area contributed by atoms with Crippen molar-refractivity contribution in [3.05, 3.63) is 17.7 Å². The first kappa shape index (κ1) is 10.1. The molecular weight excluding hydrogens is 196 g/mol. The molecule has 0 spiro atoms. The van der Waals surface area contributed by atoms with Crippen molar-refractivity contribution in [3.8, 4) is 17.2 Å². The van der Waals surface area contributed by atoms with Gasteiger partial charge in [-0.05, 0) is 26.0 Å². The zero-order chi connectivity index (χ0) is 11.1. The molecular formula is C11H14O4. The lowest BCUT2D eigenvalue weighted by Crippen LogP contribution is -2.16. The largest absolute Gasteiger partial charge is 0.492 e. The van der Waals surface area contributed by atoms with Crippen molar-refractivity contribution < 1.29 is 19.3 Å². The van der Waals surface area contributed by atoms with E-state index in [1.165, 1.54) is 0 Å². The second-order valence-corrected chi connectivity index (χ2v) is 3.94. The van der Waals surface area contributed by atoms with Gasteiger partial charge in [0.1, 0.15) is 0 Å². The molecule has 1 aromatic carbocycles. The Balaban J connectivity index is 2.58. The third-order valence-corrected chi connectivity index (χ3v) is 2.36. The summed E-state index contributed by atoms with van der Waals surface area (Å²) >= 11 is 0. The number of methoxy groups -OCH3 is 1. The minimum Gasteiger partial charge on any atom is -0.492 e. The Morgan fingerprint density at radius 1 is 1.33 bits per heavy atom. The second kappa shape index (κ2) is 3.31. The Kier molecular flexibility index (Phi) is 2.23. The molecule has 0 aliphatic carbocycles. The molecule has 0 amide bonds. The molecule has 4 nitrogen and oxygen atoms in total. The molecule has 82 valence electrons. The van der Waals surface area contributed by atoms with Gasteiger partial charge in [0.05, 0.1) is 12.7 Å². The molecule has 1 aliphatic rings. The van der Waals surface area contributed by atoms with Crippen LogP contribution in [0.2, 0.25) is 0 Å². The molecule has 1 N–H and O–H groups in total. The van der Waals surface area contributed by atoms with Gasteiger partial charge in [0.2, 0.25) is 12.5 Å². The molecule has 0 radical (unpaired) electrons. The normalized spacial score (nSPS) is 14.1. The maximum atomic E-state index is 9.96. The molecule has 0 saturated heterocycles. The van der Waals surface area contributed by atoms with Crippen LogP contribution in [0.5, 0.6) is 17.2 Å². The van der Waals surface area contributed by atoms with Crippen molar-refractivity contribution in [1.29, 1.82) is 0 Å². The van der Waals surface area contributed by atoms with E-state index >= 15 is 0 Å². The summed E-state index contributed by atoms with van der Waals surface area (Å²) in [5.41, 5.74) is -0.277. The minimum atomic E-state index is -0.966. The summed E-state index contributed by atoms with van der Waals surface area (Å²) < 4.78 is 15.8. The quantitative estimate of drug-likeness (QED) is 0.806. The highest BCUT2D eigenvalue weighted by molar-refractivity contribution is 5.58. The van der Waals surface area contributed by atoms with E-state index in [1.807, 2.05) is 0 Å². The van der Waals surface area contributed by atoms with Gasteiger partial charge in [-0.3, -0.25) is 0 Å². The molecule has 0 aromatic heterocycles. The minimum absolute atomic E-state index is 0.195.